The number of nitrogens with zero attached hydrogens (tertiary/aromatic N) is 1. The van der Waals surface area contributed by atoms with Crippen LogP contribution in [0.1, 0.15) is 11.6 Å². The van der Waals surface area contributed by atoms with Gasteiger partial charge in [0.25, 0.3) is 0 Å². The first-order valence-corrected chi connectivity index (χ1v) is 2.66. The third-order valence-electron chi connectivity index (χ3n) is 0.977. The van der Waals surface area contributed by atoms with E-state index in [2.05, 4.69) is 9.40 Å². The van der Waals surface area contributed by atoms with Crippen molar-refractivity contribution in [1.29, 1.82) is 0 Å². The number of aliphatic hydroxyl groups is 1. The molecule has 0 saturated carbocycles. The molecule has 1 heterocycles. The van der Waals surface area contributed by atoms with Crippen molar-refractivity contribution in [3.8, 4) is 0 Å². The molecule has 1 rings (SSSR count). The topological polar surface area (TPSA) is 46.3 Å². The predicted molar refractivity (Wildman–Crippen MR) is 27.4 cm³/mol. The maximum Gasteiger partial charge on any atom is 0.436 e. The van der Waals surface area contributed by atoms with Crippen LogP contribution in [-0.4, -0.2) is 10.1 Å². The molecule has 62 valence electrons. The minimum Gasteiger partial charge on any atom is -0.446 e. The number of rotatable bonds is 1. The van der Waals surface area contributed by atoms with Gasteiger partial charge in [-0.3, -0.25) is 0 Å². The Bertz CT molecular complexity index is 242. The quantitative estimate of drug-likeness (QED) is 0.683. The Labute approximate surface area is 59.5 Å². The second-order valence-electron chi connectivity index (χ2n) is 1.78. The number of aromatic nitrogens is 1. The maximum atomic E-state index is 11.7. The van der Waals surface area contributed by atoms with Crippen molar-refractivity contribution in [3.63, 3.8) is 0 Å². The predicted octanol–water partition coefficient (Wildman–Crippen LogP) is 1.19. The van der Waals surface area contributed by atoms with Crippen LogP contribution < -0.4 is 0 Å². The summed E-state index contributed by atoms with van der Waals surface area (Å²) in [6.07, 6.45) is -4.04. The van der Waals surface area contributed by atoms with E-state index >= 15 is 0 Å². The molecule has 0 aromatic carbocycles. The highest BCUT2D eigenvalue weighted by molar-refractivity contribution is 5.00. The lowest BCUT2D eigenvalue weighted by Gasteiger charge is -1.97. The zero-order chi connectivity index (χ0) is 8.48. The summed E-state index contributed by atoms with van der Waals surface area (Å²) in [6, 6.07) is 0. The summed E-state index contributed by atoms with van der Waals surface area (Å²) in [4.78, 5) is 2.96. The Morgan fingerprint density at radius 3 is 2.45 bits per heavy atom. The Kier molecular flexibility index (Phi) is 1.86. The molecule has 1 aromatic rings. The SMILES string of the molecule is OCc1nc(C(F)(F)F)co1. The van der Waals surface area contributed by atoms with Crippen LogP contribution in [0.25, 0.3) is 0 Å². The molecule has 1 N–H and O–H groups in total. The van der Waals surface area contributed by atoms with Crippen molar-refractivity contribution in [3.05, 3.63) is 17.8 Å². The van der Waals surface area contributed by atoms with E-state index in [1.54, 1.807) is 0 Å². The summed E-state index contributed by atoms with van der Waals surface area (Å²) >= 11 is 0. The zero-order valence-electron chi connectivity index (χ0n) is 5.22. The van der Waals surface area contributed by atoms with Gasteiger partial charge in [-0.05, 0) is 0 Å². The Morgan fingerprint density at radius 1 is 1.55 bits per heavy atom. The first-order valence-electron chi connectivity index (χ1n) is 2.66. The van der Waals surface area contributed by atoms with Crippen molar-refractivity contribution >= 4 is 0 Å². The van der Waals surface area contributed by atoms with E-state index in [-0.39, 0.29) is 5.89 Å². The second kappa shape index (κ2) is 2.54. The lowest BCUT2D eigenvalue weighted by Crippen LogP contribution is -2.05. The van der Waals surface area contributed by atoms with E-state index in [1.165, 1.54) is 0 Å². The molecule has 11 heavy (non-hydrogen) atoms. The number of alkyl halides is 3. The average molecular weight is 167 g/mol. The van der Waals surface area contributed by atoms with Crippen LogP contribution in [0.2, 0.25) is 0 Å². The minimum absolute atomic E-state index is 0.336. The van der Waals surface area contributed by atoms with Gasteiger partial charge in [0.05, 0.1) is 0 Å². The molecular formula is C5H4F3NO2. The molecular weight excluding hydrogens is 163 g/mol. The number of hydrogen-bond donors (Lipinski definition) is 1. The number of hydrogen-bond acceptors (Lipinski definition) is 3. The highest BCUT2D eigenvalue weighted by Crippen LogP contribution is 2.27. The standard InChI is InChI=1S/C5H4F3NO2/c6-5(7,8)3-2-11-4(1-10)9-3/h2,10H,1H2. The zero-order valence-corrected chi connectivity index (χ0v) is 5.22. The number of oxazole rings is 1. The average Bonchev–Trinajstić information content (AvgIpc) is 2.32. The molecule has 0 amide bonds. The van der Waals surface area contributed by atoms with E-state index in [0.717, 1.165) is 0 Å². The Hall–Kier alpha value is -1.04. The van der Waals surface area contributed by atoms with Gasteiger partial charge in [-0.15, -0.1) is 0 Å². The fourth-order valence-electron chi connectivity index (χ4n) is 0.514. The fourth-order valence-corrected chi connectivity index (χ4v) is 0.514. The van der Waals surface area contributed by atoms with Gasteiger partial charge < -0.3 is 9.52 Å². The largest absolute Gasteiger partial charge is 0.446 e. The van der Waals surface area contributed by atoms with Crippen LogP contribution in [0.5, 0.6) is 0 Å². The van der Waals surface area contributed by atoms with Crippen LogP contribution in [0.3, 0.4) is 0 Å². The smallest absolute Gasteiger partial charge is 0.436 e. The summed E-state index contributed by atoms with van der Waals surface area (Å²) in [6.45, 7) is -0.629. The maximum absolute atomic E-state index is 11.7. The normalized spacial score (nSPS) is 12.0. The van der Waals surface area contributed by atoms with Gasteiger partial charge in [0.2, 0.25) is 5.89 Å². The van der Waals surface area contributed by atoms with Crippen LogP contribution in [0, 0.1) is 0 Å². The molecule has 0 unspecified atom stereocenters. The first kappa shape index (κ1) is 8.06. The number of halogens is 3. The van der Waals surface area contributed by atoms with Gasteiger partial charge in [-0.1, -0.05) is 0 Å². The highest BCUT2D eigenvalue weighted by Gasteiger charge is 2.34. The Balaban J connectivity index is 2.89. The summed E-state index contributed by atoms with van der Waals surface area (Å²) in [5.74, 6) is -0.336. The molecule has 6 heteroatoms. The summed E-state index contributed by atoms with van der Waals surface area (Å²) < 4.78 is 39.5. The molecule has 0 bridgehead atoms. The third kappa shape index (κ3) is 1.70. The van der Waals surface area contributed by atoms with Gasteiger partial charge in [0.1, 0.15) is 12.9 Å². The second-order valence-corrected chi connectivity index (χ2v) is 1.78. The van der Waals surface area contributed by atoms with Gasteiger partial charge in [-0.25, -0.2) is 4.98 Å². The third-order valence-corrected chi connectivity index (χ3v) is 0.977. The lowest BCUT2D eigenvalue weighted by atomic mass is 10.5. The summed E-state index contributed by atoms with van der Waals surface area (Å²) in [5.41, 5.74) is -1.12. The van der Waals surface area contributed by atoms with Crippen LogP contribution in [-0.2, 0) is 12.8 Å². The molecule has 0 spiro atoms. The van der Waals surface area contributed by atoms with Crippen LogP contribution in [0.4, 0.5) is 13.2 Å². The molecule has 0 aliphatic heterocycles. The molecule has 3 nitrogen and oxygen atoms in total. The van der Waals surface area contributed by atoms with Crippen molar-refractivity contribution in [2.75, 3.05) is 0 Å². The van der Waals surface area contributed by atoms with Crippen molar-refractivity contribution in [2.45, 2.75) is 12.8 Å². The minimum atomic E-state index is -4.50. The van der Waals surface area contributed by atoms with Gasteiger partial charge >= 0.3 is 6.18 Å². The highest BCUT2D eigenvalue weighted by atomic mass is 19.4. The lowest BCUT2D eigenvalue weighted by molar-refractivity contribution is -0.141. The number of aliphatic hydroxyl groups excluding tert-OH is 1. The molecule has 0 fully saturated rings. The monoisotopic (exact) mass is 167 g/mol. The molecule has 1 aromatic heterocycles. The van der Waals surface area contributed by atoms with Gasteiger partial charge in [0.15, 0.2) is 5.69 Å². The van der Waals surface area contributed by atoms with E-state index in [9.17, 15) is 13.2 Å². The van der Waals surface area contributed by atoms with E-state index in [0.29, 0.717) is 6.26 Å². The molecule has 0 aliphatic carbocycles. The molecule has 0 aliphatic rings. The molecule has 0 radical (unpaired) electrons. The van der Waals surface area contributed by atoms with Crippen molar-refractivity contribution in [2.24, 2.45) is 0 Å². The van der Waals surface area contributed by atoms with Gasteiger partial charge in [-0.2, -0.15) is 13.2 Å². The summed E-state index contributed by atoms with van der Waals surface area (Å²) in [7, 11) is 0. The van der Waals surface area contributed by atoms with Gasteiger partial charge in [0, 0.05) is 0 Å². The van der Waals surface area contributed by atoms with Crippen LogP contribution >= 0.6 is 0 Å². The van der Waals surface area contributed by atoms with E-state index in [1.807, 2.05) is 0 Å². The molecule has 0 saturated heterocycles. The fraction of sp³-hybridized carbons (Fsp3) is 0.400. The Morgan fingerprint density at radius 2 is 2.18 bits per heavy atom. The summed E-state index contributed by atoms with van der Waals surface area (Å²) in [5, 5.41) is 8.29. The van der Waals surface area contributed by atoms with Crippen molar-refractivity contribution in [1.82, 2.24) is 4.98 Å². The van der Waals surface area contributed by atoms with Crippen molar-refractivity contribution < 1.29 is 22.7 Å². The molecule has 0 atom stereocenters. The van der Waals surface area contributed by atoms with E-state index < -0.39 is 18.5 Å². The van der Waals surface area contributed by atoms with Crippen LogP contribution in [0.15, 0.2) is 10.7 Å². The first-order chi connectivity index (χ1) is 5.04. The van der Waals surface area contributed by atoms with E-state index in [4.69, 9.17) is 5.11 Å².